The molecule has 0 spiro atoms. The van der Waals surface area contributed by atoms with E-state index < -0.39 is 12.8 Å². The fourth-order valence-corrected chi connectivity index (χ4v) is 0.666. The van der Waals surface area contributed by atoms with Gasteiger partial charge in [-0.05, 0) is 0 Å². The molecule has 0 aliphatic carbocycles. The molecule has 0 atom stereocenters. The van der Waals surface area contributed by atoms with Gasteiger partial charge in [-0.15, -0.1) is 0 Å². The lowest BCUT2D eigenvalue weighted by atomic mass is 9.83. The highest BCUT2D eigenvalue weighted by Gasteiger charge is 2.11. The second kappa shape index (κ2) is 2.85. The lowest BCUT2D eigenvalue weighted by Crippen LogP contribution is -2.35. The van der Waals surface area contributed by atoms with E-state index in [2.05, 4.69) is 4.98 Å². The maximum Gasteiger partial charge on any atom is 0.491 e. The van der Waals surface area contributed by atoms with E-state index in [0.717, 1.165) is 6.20 Å². The van der Waals surface area contributed by atoms with Crippen molar-refractivity contribution in [2.45, 2.75) is 0 Å². The number of nitrogens with zero attached hydrogens (tertiary/aromatic N) is 2. The number of hydrogen-bond acceptors (Lipinski definition) is 4. The van der Waals surface area contributed by atoms with E-state index in [1.165, 1.54) is 17.8 Å². The quantitative estimate of drug-likeness (QED) is 0.437. The van der Waals surface area contributed by atoms with Crippen LogP contribution >= 0.6 is 0 Å². The van der Waals surface area contributed by atoms with E-state index in [1.54, 1.807) is 0 Å². The van der Waals surface area contributed by atoms with E-state index in [9.17, 15) is 4.79 Å². The van der Waals surface area contributed by atoms with Crippen molar-refractivity contribution in [1.82, 2.24) is 9.55 Å². The standard InChI is InChI=1S/C5H7BN2O3/c1-8-3-4(6(10)11)2-7-5(8)9/h2-3,10-11H,1H3. The van der Waals surface area contributed by atoms with Crippen LogP contribution < -0.4 is 11.2 Å². The van der Waals surface area contributed by atoms with E-state index in [1.807, 2.05) is 0 Å². The Kier molecular flexibility index (Phi) is 2.07. The highest BCUT2D eigenvalue weighted by molar-refractivity contribution is 6.58. The molecule has 1 aromatic heterocycles. The lowest BCUT2D eigenvalue weighted by molar-refractivity contribution is 0.425. The Labute approximate surface area is 63.1 Å². The molecular weight excluding hydrogens is 147 g/mol. The average Bonchev–Trinajstić information content (AvgIpc) is 1.94. The Morgan fingerprint density at radius 1 is 1.64 bits per heavy atom. The lowest BCUT2D eigenvalue weighted by Gasteiger charge is -1.99. The molecule has 0 aliphatic rings. The maximum atomic E-state index is 10.7. The molecule has 0 saturated heterocycles. The molecule has 0 saturated carbocycles. The van der Waals surface area contributed by atoms with Crippen molar-refractivity contribution in [2.75, 3.05) is 0 Å². The van der Waals surface area contributed by atoms with Crippen LogP contribution in [0.25, 0.3) is 0 Å². The summed E-state index contributed by atoms with van der Waals surface area (Å²) in [6, 6.07) is 0. The van der Waals surface area contributed by atoms with E-state index >= 15 is 0 Å². The van der Waals surface area contributed by atoms with Crippen molar-refractivity contribution in [3.8, 4) is 0 Å². The first kappa shape index (κ1) is 7.97. The molecule has 6 heteroatoms. The largest absolute Gasteiger partial charge is 0.491 e. The SMILES string of the molecule is Cn1cc(B(O)O)cnc1=O. The third-order valence-electron chi connectivity index (χ3n) is 1.27. The summed E-state index contributed by atoms with van der Waals surface area (Å²) in [5, 5.41) is 17.3. The molecule has 1 rings (SSSR count). The zero-order valence-corrected chi connectivity index (χ0v) is 5.93. The van der Waals surface area contributed by atoms with Crippen LogP contribution in [0.15, 0.2) is 17.2 Å². The monoisotopic (exact) mass is 154 g/mol. The smallest absolute Gasteiger partial charge is 0.423 e. The number of hydrogen-bond donors (Lipinski definition) is 2. The van der Waals surface area contributed by atoms with E-state index in [-0.39, 0.29) is 5.46 Å². The van der Waals surface area contributed by atoms with Gasteiger partial charge in [0.2, 0.25) is 0 Å². The fourth-order valence-electron chi connectivity index (χ4n) is 0.666. The molecule has 58 valence electrons. The van der Waals surface area contributed by atoms with Gasteiger partial charge in [-0.1, -0.05) is 0 Å². The molecule has 11 heavy (non-hydrogen) atoms. The number of rotatable bonds is 1. The third kappa shape index (κ3) is 1.66. The summed E-state index contributed by atoms with van der Waals surface area (Å²) in [5.74, 6) is 0. The molecule has 2 N–H and O–H groups in total. The van der Waals surface area contributed by atoms with Crippen LogP contribution in [0.2, 0.25) is 0 Å². The Hall–Kier alpha value is -1.14. The molecule has 0 aromatic carbocycles. The Bertz CT molecular complexity index is 309. The topological polar surface area (TPSA) is 75.3 Å². The Morgan fingerprint density at radius 2 is 2.27 bits per heavy atom. The zero-order valence-electron chi connectivity index (χ0n) is 5.93. The van der Waals surface area contributed by atoms with Crippen molar-refractivity contribution < 1.29 is 10.0 Å². The molecule has 0 bridgehead atoms. The predicted molar refractivity (Wildman–Crippen MR) is 39.3 cm³/mol. The molecule has 0 amide bonds. The van der Waals surface area contributed by atoms with Gasteiger partial charge in [0, 0.05) is 24.9 Å². The Balaban J connectivity index is 3.15. The molecule has 0 aliphatic heterocycles. The number of aromatic nitrogens is 2. The fraction of sp³-hybridized carbons (Fsp3) is 0.200. The van der Waals surface area contributed by atoms with Crippen molar-refractivity contribution >= 4 is 12.6 Å². The first-order valence-corrected chi connectivity index (χ1v) is 3.00. The van der Waals surface area contributed by atoms with Gasteiger partial charge in [-0.3, -0.25) is 0 Å². The predicted octanol–water partition coefficient (Wildman–Crippen LogP) is -2.54. The molecule has 1 aromatic rings. The van der Waals surface area contributed by atoms with E-state index in [4.69, 9.17) is 10.0 Å². The third-order valence-corrected chi connectivity index (χ3v) is 1.27. The molecular formula is C5H7BN2O3. The van der Waals surface area contributed by atoms with E-state index in [0.29, 0.717) is 0 Å². The van der Waals surface area contributed by atoms with Crippen molar-refractivity contribution in [3.63, 3.8) is 0 Å². The van der Waals surface area contributed by atoms with Crippen LogP contribution in [0.1, 0.15) is 0 Å². The van der Waals surface area contributed by atoms with Crippen molar-refractivity contribution in [1.29, 1.82) is 0 Å². The van der Waals surface area contributed by atoms with Crippen LogP contribution in [0.5, 0.6) is 0 Å². The maximum absolute atomic E-state index is 10.7. The summed E-state index contributed by atoms with van der Waals surface area (Å²) < 4.78 is 1.18. The van der Waals surface area contributed by atoms with Gasteiger partial charge in [-0.2, -0.15) is 0 Å². The van der Waals surface area contributed by atoms with Gasteiger partial charge in [0.25, 0.3) is 0 Å². The average molecular weight is 154 g/mol. The van der Waals surface area contributed by atoms with Crippen LogP contribution in [-0.4, -0.2) is 26.7 Å². The zero-order chi connectivity index (χ0) is 8.43. The van der Waals surface area contributed by atoms with Crippen LogP contribution in [0.3, 0.4) is 0 Å². The second-order valence-electron chi connectivity index (χ2n) is 2.15. The van der Waals surface area contributed by atoms with Gasteiger partial charge in [0.15, 0.2) is 0 Å². The van der Waals surface area contributed by atoms with Crippen molar-refractivity contribution in [2.24, 2.45) is 7.05 Å². The van der Waals surface area contributed by atoms with Crippen LogP contribution in [0.4, 0.5) is 0 Å². The summed E-state index contributed by atoms with van der Waals surface area (Å²) in [6.07, 6.45) is 2.45. The highest BCUT2D eigenvalue weighted by Crippen LogP contribution is 1.73. The number of aryl methyl sites for hydroxylation is 1. The van der Waals surface area contributed by atoms with Gasteiger partial charge in [0.1, 0.15) is 0 Å². The van der Waals surface area contributed by atoms with Gasteiger partial charge >= 0.3 is 12.8 Å². The summed E-state index contributed by atoms with van der Waals surface area (Å²) in [7, 11) is -0.0874. The first-order chi connectivity index (χ1) is 5.11. The summed E-state index contributed by atoms with van der Waals surface area (Å²) in [5.41, 5.74) is -0.221. The van der Waals surface area contributed by atoms with Crippen LogP contribution in [-0.2, 0) is 7.05 Å². The molecule has 0 unspecified atom stereocenters. The van der Waals surface area contributed by atoms with Crippen LogP contribution in [0, 0.1) is 0 Å². The second-order valence-corrected chi connectivity index (χ2v) is 2.15. The summed E-state index contributed by atoms with van der Waals surface area (Å²) in [6.45, 7) is 0. The molecule has 1 heterocycles. The normalized spacial score (nSPS) is 9.73. The van der Waals surface area contributed by atoms with Gasteiger partial charge in [0.05, 0.1) is 0 Å². The Morgan fingerprint density at radius 3 is 2.73 bits per heavy atom. The summed E-state index contributed by atoms with van der Waals surface area (Å²) >= 11 is 0. The van der Waals surface area contributed by atoms with Crippen molar-refractivity contribution in [3.05, 3.63) is 22.9 Å². The minimum Gasteiger partial charge on any atom is -0.423 e. The van der Waals surface area contributed by atoms with Gasteiger partial charge in [-0.25, -0.2) is 9.78 Å². The summed E-state index contributed by atoms with van der Waals surface area (Å²) in [4.78, 5) is 14.1. The molecule has 0 fully saturated rings. The molecule has 0 radical (unpaired) electrons. The highest BCUT2D eigenvalue weighted by atomic mass is 16.4. The van der Waals surface area contributed by atoms with Gasteiger partial charge < -0.3 is 14.6 Å². The first-order valence-electron chi connectivity index (χ1n) is 3.00. The molecule has 5 nitrogen and oxygen atoms in total. The minimum atomic E-state index is -1.57. The minimum absolute atomic E-state index is 0.201.